The molecule has 0 aliphatic heterocycles. The quantitative estimate of drug-likeness (QED) is 0.527. The molecule has 1 aliphatic rings. The van der Waals surface area contributed by atoms with E-state index in [1.807, 2.05) is 0 Å². The monoisotopic (exact) mass is 279 g/mol. The zero-order valence-electron chi connectivity index (χ0n) is 10.5. The summed E-state index contributed by atoms with van der Waals surface area (Å²) in [6, 6.07) is 4.10. The molecule has 1 aliphatic carbocycles. The zero-order chi connectivity index (χ0) is 14.7. The molecule has 0 saturated heterocycles. The number of aromatic carboxylic acids is 1. The van der Waals surface area contributed by atoms with E-state index in [-0.39, 0.29) is 24.2 Å². The van der Waals surface area contributed by atoms with Gasteiger partial charge in [-0.3, -0.25) is 14.9 Å². The van der Waals surface area contributed by atoms with Gasteiger partial charge in [-0.2, -0.15) is 0 Å². The number of benzene rings is 1. The van der Waals surface area contributed by atoms with E-state index in [0.717, 1.165) is 18.9 Å². The fourth-order valence-electron chi connectivity index (χ4n) is 1.74. The van der Waals surface area contributed by atoms with Gasteiger partial charge in [-0.15, -0.1) is 0 Å². The third-order valence-electron chi connectivity index (χ3n) is 2.83. The Labute approximate surface area is 113 Å². The first kappa shape index (κ1) is 13.8. The Morgan fingerprint density at radius 3 is 2.65 bits per heavy atom. The molecule has 1 aromatic carbocycles. The molecule has 0 atom stereocenters. The first-order valence-electron chi connectivity index (χ1n) is 6.03. The summed E-state index contributed by atoms with van der Waals surface area (Å²) in [4.78, 5) is 32.7. The molecule has 0 bridgehead atoms. The highest BCUT2D eigenvalue weighted by molar-refractivity contribution is 5.96. The third-order valence-corrected chi connectivity index (χ3v) is 2.83. The van der Waals surface area contributed by atoms with Crippen molar-refractivity contribution in [1.29, 1.82) is 0 Å². The average molecular weight is 279 g/mol. The first-order chi connectivity index (χ1) is 9.49. The highest BCUT2D eigenvalue weighted by Crippen LogP contribution is 2.28. The summed E-state index contributed by atoms with van der Waals surface area (Å²) >= 11 is 0. The maximum Gasteiger partial charge on any atom is 0.342 e. The van der Waals surface area contributed by atoms with Crippen molar-refractivity contribution in [3.63, 3.8) is 0 Å². The van der Waals surface area contributed by atoms with Gasteiger partial charge in [-0.25, -0.2) is 4.79 Å². The first-order valence-corrected chi connectivity index (χ1v) is 6.03. The average Bonchev–Trinajstić information content (AvgIpc) is 3.19. The van der Waals surface area contributed by atoms with E-state index < -0.39 is 22.1 Å². The van der Waals surface area contributed by atoms with Gasteiger partial charge in [0.25, 0.3) is 0 Å². The molecule has 1 amide bonds. The summed E-state index contributed by atoms with van der Waals surface area (Å²) in [6.45, 7) is -0.138. The van der Waals surface area contributed by atoms with Crippen LogP contribution < -0.4 is 10.6 Å². The molecule has 0 unspecified atom stereocenters. The Bertz CT molecular complexity index is 568. The summed E-state index contributed by atoms with van der Waals surface area (Å²) in [5, 5.41) is 25.2. The molecule has 3 N–H and O–H groups in total. The number of hydrogen-bond donors (Lipinski definition) is 3. The Kier molecular flexibility index (Phi) is 3.83. The van der Waals surface area contributed by atoms with Gasteiger partial charge in [0.15, 0.2) is 0 Å². The molecule has 1 fully saturated rings. The number of carbonyl (C=O) groups is 2. The molecule has 0 aromatic heterocycles. The summed E-state index contributed by atoms with van der Waals surface area (Å²) in [5.74, 6) is -1.66. The molecule has 0 spiro atoms. The predicted molar refractivity (Wildman–Crippen MR) is 69.7 cm³/mol. The maximum atomic E-state index is 11.5. The Hall–Kier alpha value is -2.64. The Morgan fingerprint density at radius 1 is 1.40 bits per heavy atom. The third kappa shape index (κ3) is 3.22. The molecule has 0 radical (unpaired) electrons. The lowest BCUT2D eigenvalue weighted by molar-refractivity contribution is -0.384. The molecule has 0 heterocycles. The van der Waals surface area contributed by atoms with Crippen molar-refractivity contribution < 1.29 is 19.6 Å². The number of carboxylic acid groups (broad SMARTS) is 1. The second-order valence-electron chi connectivity index (χ2n) is 4.46. The molecule has 20 heavy (non-hydrogen) atoms. The minimum Gasteiger partial charge on any atom is -0.477 e. The van der Waals surface area contributed by atoms with Crippen molar-refractivity contribution >= 4 is 23.3 Å². The van der Waals surface area contributed by atoms with Gasteiger partial charge in [0.1, 0.15) is 11.3 Å². The maximum absolute atomic E-state index is 11.5. The van der Waals surface area contributed by atoms with Gasteiger partial charge in [-0.05, 0) is 25.0 Å². The minimum atomic E-state index is -1.39. The number of para-hydroxylation sites is 1. The summed E-state index contributed by atoms with van der Waals surface area (Å²) in [6.07, 6.45) is 1.89. The topological polar surface area (TPSA) is 122 Å². The molecule has 1 aromatic rings. The van der Waals surface area contributed by atoms with E-state index in [1.165, 1.54) is 12.1 Å². The normalized spacial score (nSPS) is 13.6. The van der Waals surface area contributed by atoms with Crippen LogP contribution in [0.5, 0.6) is 0 Å². The van der Waals surface area contributed by atoms with Crippen LogP contribution in [0.25, 0.3) is 0 Å². The molecule has 2 rings (SSSR count). The largest absolute Gasteiger partial charge is 0.477 e. The standard InChI is InChI=1S/C12H13N3O5/c16-10(14-7-4-5-7)6-13-9-3-1-2-8(12(17)18)11(9)15(19)20/h1-3,7,13H,4-6H2,(H,14,16)(H,17,18). The van der Waals surface area contributed by atoms with Gasteiger partial charge in [0.2, 0.25) is 5.91 Å². The SMILES string of the molecule is O=C(CNc1cccc(C(=O)O)c1[N+](=O)[O-])NC1CC1. The summed E-state index contributed by atoms with van der Waals surface area (Å²) in [7, 11) is 0. The highest BCUT2D eigenvalue weighted by atomic mass is 16.6. The van der Waals surface area contributed by atoms with Gasteiger partial charge in [0, 0.05) is 6.04 Å². The lowest BCUT2D eigenvalue weighted by Gasteiger charge is -2.08. The number of carboxylic acids is 1. The Morgan fingerprint density at radius 2 is 2.10 bits per heavy atom. The van der Waals surface area contributed by atoms with Gasteiger partial charge in [-0.1, -0.05) is 6.07 Å². The molecule has 8 nitrogen and oxygen atoms in total. The lowest BCUT2D eigenvalue weighted by atomic mass is 10.1. The summed E-state index contributed by atoms with van der Waals surface area (Å²) in [5.41, 5.74) is -0.942. The number of amides is 1. The summed E-state index contributed by atoms with van der Waals surface area (Å²) < 4.78 is 0. The van der Waals surface area contributed by atoms with E-state index in [1.54, 1.807) is 0 Å². The van der Waals surface area contributed by atoms with Crippen LogP contribution in [-0.2, 0) is 4.79 Å². The van der Waals surface area contributed by atoms with Crippen molar-refractivity contribution in [1.82, 2.24) is 5.32 Å². The number of nitrogens with one attached hydrogen (secondary N) is 2. The fourth-order valence-corrected chi connectivity index (χ4v) is 1.74. The van der Waals surface area contributed by atoms with Crippen molar-refractivity contribution in [3.05, 3.63) is 33.9 Å². The number of anilines is 1. The van der Waals surface area contributed by atoms with E-state index in [9.17, 15) is 19.7 Å². The van der Waals surface area contributed by atoms with Crippen molar-refractivity contribution in [2.75, 3.05) is 11.9 Å². The highest BCUT2D eigenvalue weighted by Gasteiger charge is 2.26. The van der Waals surface area contributed by atoms with Crippen molar-refractivity contribution in [3.8, 4) is 0 Å². The van der Waals surface area contributed by atoms with Gasteiger partial charge in [0.05, 0.1) is 11.5 Å². The Balaban J connectivity index is 2.13. The molecular weight excluding hydrogens is 266 g/mol. The van der Waals surface area contributed by atoms with E-state index in [0.29, 0.717) is 0 Å². The lowest BCUT2D eigenvalue weighted by Crippen LogP contribution is -2.31. The number of nitro groups is 1. The van der Waals surface area contributed by atoms with Crippen LogP contribution in [0.3, 0.4) is 0 Å². The van der Waals surface area contributed by atoms with Crippen LogP contribution in [0.15, 0.2) is 18.2 Å². The zero-order valence-corrected chi connectivity index (χ0v) is 10.5. The number of nitro benzene ring substituents is 1. The van der Waals surface area contributed by atoms with Gasteiger partial charge < -0.3 is 15.7 Å². The number of carbonyl (C=O) groups excluding carboxylic acids is 1. The smallest absolute Gasteiger partial charge is 0.342 e. The van der Waals surface area contributed by atoms with E-state index >= 15 is 0 Å². The molecular formula is C12H13N3O5. The van der Waals surface area contributed by atoms with Crippen LogP contribution in [0.4, 0.5) is 11.4 Å². The van der Waals surface area contributed by atoms with Crippen LogP contribution in [-0.4, -0.2) is 34.5 Å². The molecule has 106 valence electrons. The number of nitrogens with zero attached hydrogens (tertiary/aromatic N) is 1. The van der Waals surface area contributed by atoms with Crippen LogP contribution in [0.1, 0.15) is 23.2 Å². The molecule has 1 saturated carbocycles. The fraction of sp³-hybridized carbons (Fsp3) is 0.333. The minimum absolute atomic E-state index is 0.0147. The van der Waals surface area contributed by atoms with Crippen LogP contribution in [0.2, 0.25) is 0 Å². The van der Waals surface area contributed by atoms with E-state index in [4.69, 9.17) is 5.11 Å². The second kappa shape index (κ2) is 5.55. The van der Waals surface area contributed by atoms with E-state index in [2.05, 4.69) is 10.6 Å². The van der Waals surface area contributed by atoms with Crippen molar-refractivity contribution in [2.24, 2.45) is 0 Å². The number of hydrogen-bond acceptors (Lipinski definition) is 5. The van der Waals surface area contributed by atoms with Crippen LogP contribution in [0, 0.1) is 10.1 Å². The number of rotatable bonds is 6. The second-order valence-corrected chi connectivity index (χ2v) is 4.46. The van der Waals surface area contributed by atoms with Crippen LogP contribution >= 0.6 is 0 Å². The van der Waals surface area contributed by atoms with Gasteiger partial charge >= 0.3 is 11.7 Å². The van der Waals surface area contributed by atoms with Crippen molar-refractivity contribution in [2.45, 2.75) is 18.9 Å². The molecule has 8 heteroatoms. The predicted octanol–water partition coefficient (Wildman–Crippen LogP) is 0.984.